The van der Waals surface area contributed by atoms with Gasteiger partial charge in [0.1, 0.15) is 12.3 Å². The van der Waals surface area contributed by atoms with Crippen molar-refractivity contribution < 1.29 is 14.0 Å². The van der Waals surface area contributed by atoms with E-state index < -0.39 is 0 Å². The Hall–Kier alpha value is -3.09. The van der Waals surface area contributed by atoms with Crippen molar-refractivity contribution in [1.82, 2.24) is 10.7 Å². The zero-order chi connectivity index (χ0) is 16.9. The number of amides is 2. The van der Waals surface area contributed by atoms with Gasteiger partial charge in [-0.1, -0.05) is 18.2 Å². The van der Waals surface area contributed by atoms with Crippen molar-refractivity contribution in [3.05, 3.63) is 54.5 Å². The van der Waals surface area contributed by atoms with E-state index in [-0.39, 0.29) is 30.2 Å². The molecule has 24 heavy (non-hydrogen) atoms. The molecule has 0 aliphatic carbocycles. The van der Waals surface area contributed by atoms with Gasteiger partial charge in [-0.3, -0.25) is 20.0 Å². The van der Waals surface area contributed by atoms with E-state index in [1.54, 1.807) is 24.5 Å². The molecule has 2 aromatic rings. The molecule has 0 radical (unpaired) electrons. The highest BCUT2D eigenvalue weighted by molar-refractivity contribution is 6.39. The van der Waals surface area contributed by atoms with Gasteiger partial charge in [-0.2, -0.15) is 0 Å². The summed E-state index contributed by atoms with van der Waals surface area (Å²) in [6.45, 7) is 1.81. The molecule has 1 aliphatic heterocycles. The van der Waals surface area contributed by atoms with Crippen LogP contribution in [-0.4, -0.2) is 30.2 Å². The normalized spacial score (nSPS) is 15.5. The second-order valence-electron chi connectivity index (χ2n) is 5.50. The molecular weight excluding hydrogens is 308 g/mol. The molecule has 0 saturated carbocycles. The standard InChI is InChI=1S/C17H18N4O3/c1-12(10-14-8-5-9-24-14)19-17(23)16-18-11-15(22)21(20-16)13-6-3-2-4-7-13/h2-9,12H,10-11H2,1H3,(H,18,20)(H,19,23)/t12-/m1/s1. The maximum absolute atomic E-state index is 12.3. The van der Waals surface area contributed by atoms with E-state index in [1.807, 2.05) is 31.2 Å². The van der Waals surface area contributed by atoms with Crippen molar-refractivity contribution in [1.29, 1.82) is 0 Å². The lowest BCUT2D eigenvalue weighted by Crippen LogP contribution is -2.56. The second-order valence-corrected chi connectivity index (χ2v) is 5.50. The lowest BCUT2D eigenvalue weighted by Gasteiger charge is -2.28. The summed E-state index contributed by atoms with van der Waals surface area (Å²) in [6, 6.07) is 12.6. The predicted octanol–water partition coefficient (Wildman–Crippen LogP) is 1.28. The molecule has 2 N–H and O–H groups in total. The second kappa shape index (κ2) is 6.99. The minimum atomic E-state index is -0.359. The summed E-state index contributed by atoms with van der Waals surface area (Å²) in [5.41, 5.74) is 3.44. The molecule has 1 aromatic heterocycles. The van der Waals surface area contributed by atoms with E-state index in [2.05, 4.69) is 15.7 Å². The van der Waals surface area contributed by atoms with Crippen LogP contribution in [0.1, 0.15) is 12.7 Å². The lowest BCUT2D eigenvalue weighted by atomic mass is 10.2. The number of furan rings is 1. The Balaban J connectivity index is 1.63. The summed E-state index contributed by atoms with van der Waals surface area (Å²) in [4.78, 5) is 28.4. The van der Waals surface area contributed by atoms with Crippen molar-refractivity contribution in [3.63, 3.8) is 0 Å². The zero-order valence-electron chi connectivity index (χ0n) is 13.2. The Kier molecular flexibility index (Phi) is 4.60. The molecule has 0 saturated heterocycles. The molecule has 0 spiro atoms. The Morgan fingerprint density at radius 2 is 2.12 bits per heavy atom. The summed E-state index contributed by atoms with van der Waals surface area (Å²) in [7, 11) is 0. The van der Waals surface area contributed by atoms with Crippen molar-refractivity contribution in [2.75, 3.05) is 11.6 Å². The molecule has 2 heterocycles. The number of hydrogen-bond donors (Lipinski definition) is 2. The minimum Gasteiger partial charge on any atom is -0.469 e. The van der Waals surface area contributed by atoms with Crippen molar-refractivity contribution in [2.24, 2.45) is 4.99 Å². The molecule has 3 rings (SSSR count). The van der Waals surface area contributed by atoms with Crippen LogP contribution in [0.2, 0.25) is 0 Å². The van der Waals surface area contributed by atoms with Gasteiger partial charge in [0, 0.05) is 12.5 Å². The van der Waals surface area contributed by atoms with Crippen molar-refractivity contribution in [3.8, 4) is 0 Å². The quantitative estimate of drug-likeness (QED) is 0.866. The Bertz CT molecular complexity index is 740. The van der Waals surface area contributed by atoms with E-state index in [0.717, 1.165) is 5.76 Å². The molecule has 0 bridgehead atoms. The van der Waals surface area contributed by atoms with Crippen molar-refractivity contribution >= 4 is 23.3 Å². The fourth-order valence-electron chi connectivity index (χ4n) is 2.40. The first kappa shape index (κ1) is 15.8. The van der Waals surface area contributed by atoms with Crippen LogP contribution in [0, 0.1) is 0 Å². The molecular formula is C17H18N4O3. The molecule has 7 nitrogen and oxygen atoms in total. The molecule has 2 amide bonds. The number of aliphatic imine (C=N–C) groups is 1. The highest BCUT2D eigenvalue weighted by atomic mass is 16.3. The maximum atomic E-state index is 12.3. The number of nitrogens with one attached hydrogen (secondary N) is 2. The number of hydrazine groups is 1. The predicted molar refractivity (Wildman–Crippen MR) is 89.4 cm³/mol. The van der Waals surface area contributed by atoms with Crippen LogP contribution in [0.4, 0.5) is 5.69 Å². The van der Waals surface area contributed by atoms with Gasteiger partial charge in [-0.15, -0.1) is 0 Å². The number of benzene rings is 1. The van der Waals surface area contributed by atoms with Gasteiger partial charge in [0.25, 0.3) is 11.8 Å². The molecule has 0 fully saturated rings. The van der Waals surface area contributed by atoms with Gasteiger partial charge in [-0.05, 0) is 31.2 Å². The number of anilines is 1. The maximum Gasteiger partial charge on any atom is 0.288 e. The third-order valence-electron chi connectivity index (χ3n) is 3.53. The molecule has 1 atom stereocenters. The summed E-state index contributed by atoms with van der Waals surface area (Å²) >= 11 is 0. The topological polar surface area (TPSA) is 86.9 Å². The van der Waals surface area contributed by atoms with Crippen LogP contribution in [0.15, 0.2) is 58.1 Å². The van der Waals surface area contributed by atoms with Gasteiger partial charge in [0.15, 0.2) is 0 Å². The van der Waals surface area contributed by atoms with Crippen LogP contribution in [0.25, 0.3) is 0 Å². The number of carbonyl (C=O) groups excluding carboxylic acids is 2. The molecule has 0 unspecified atom stereocenters. The van der Waals surface area contributed by atoms with E-state index in [1.165, 1.54) is 5.01 Å². The summed E-state index contributed by atoms with van der Waals surface area (Å²) in [6.07, 6.45) is 2.17. The zero-order valence-corrected chi connectivity index (χ0v) is 13.2. The number of para-hydroxylation sites is 1. The summed E-state index contributed by atoms with van der Waals surface area (Å²) in [5, 5.41) is 4.18. The van der Waals surface area contributed by atoms with Crippen molar-refractivity contribution in [2.45, 2.75) is 19.4 Å². The Morgan fingerprint density at radius 1 is 1.33 bits per heavy atom. The van der Waals surface area contributed by atoms with E-state index in [9.17, 15) is 9.59 Å². The number of amidine groups is 1. The minimum absolute atomic E-state index is 0.0722. The van der Waals surface area contributed by atoms with Gasteiger partial charge in [-0.25, -0.2) is 5.01 Å². The van der Waals surface area contributed by atoms with Gasteiger partial charge < -0.3 is 9.73 Å². The molecule has 1 aromatic carbocycles. The fourth-order valence-corrected chi connectivity index (χ4v) is 2.40. The van der Waals surface area contributed by atoms with Crippen LogP contribution in [0.5, 0.6) is 0 Å². The highest BCUT2D eigenvalue weighted by Gasteiger charge is 2.26. The van der Waals surface area contributed by atoms with Crippen LogP contribution in [-0.2, 0) is 16.0 Å². The van der Waals surface area contributed by atoms with Crippen LogP contribution in [0.3, 0.4) is 0 Å². The highest BCUT2D eigenvalue weighted by Crippen LogP contribution is 2.13. The number of hydrogen-bond acceptors (Lipinski definition) is 5. The van der Waals surface area contributed by atoms with E-state index in [4.69, 9.17) is 4.42 Å². The van der Waals surface area contributed by atoms with E-state index >= 15 is 0 Å². The van der Waals surface area contributed by atoms with Gasteiger partial charge in [0.2, 0.25) is 5.84 Å². The van der Waals surface area contributed by atoms with Crippen LogP contribution < -0.4 is 15.8 Å². The third kappa shape index (κ3) is 3.62. The fraction of sp³-hybridized carbons (Fsp3) is 0.235. The molecule has 7 heteroatoms. The number of rotatable bonds is 5. The van der Waals surface area contributed by atoms with Crippen LogP contribution >= 0.6 is 0 Å². The SMILES string of the molecule is C[C@H](Cc1ccco1)NC(=O)C1=NCC(=O)N(c2ccccc2)N1. The Labute approximate surface area is 139 Å². The molecule has 1 aliphatic rings. The first-order valence-electron chi connectivity index (χ1n) is 7.66. The average Bonchev–Trinajstić information content (AvgIpc) is 3.08. The average molecular weight is 326 g/mol. The largest absolute Gasteiger partial charge is 0.469 e. The first-order chi connectivity index (χ1) is 11.6. The monoisotopic (exact) mass is 326 g/mol. The lowest BCUT2D eigenvalue weighted by molar-refractivity contribution is -0.118. The summed E-state index contributed by atoms with van der Waals surface area (Å²) < 4.78 is 5.27. The first-order valence-corrected chi connectivity index (χ1v) is 7.66. The number of carbonyl (C=O) groups is 2. The van der Waals surface area contributed by atoms with Gasteiger partial charge >= 0.3 is 0 Å². The Morgan fingerprint density at radius 3 is 2.83 bits per heavy atom. The van der Waals surface area contributed by atoms with E-state index in [0.29, 0.717) is 12.1 Å². The molecule has 124 valence electrons. The van der Waals surface area contributed by atoms with Gasteiger partial charge in [0.05, 0.1) is 12.0 Å². The number of nitrogens with zero attached hydrogens (tertiary/aromatic N) is 2. The summed E-state index contributed by atoms with van der Waals surface area (Å²) in [5.74, 6) is 0.330. The third-order valence-corrected chi connectivity index (χ3v) is 3.53. The smallest absolute Gasteiger partial charge is 0.288 e.